The summed E-state index contributed by atoms with van der Waals surface area (Å²) in [5.74, 6) is -0.353. The number of rotatable bonds is 6. The van der Waals surface area contributed by atoms with E-state index in [-0.39, 0.29) is 29.0 Å². The fourth-order valence-corrected chi connectivity index (χ4v) is 3.02. The van der Waals surface area contributed by atoms with Crippen LogP contribution >= 0.6 is 0 Å². The molecule has 0 heterocycles. The van der Waals surface area contributed by atoms with Gasteiger partial charge in [0.1, 0.15) is 0 Å². The molecular weight excluding hydrogens is 344 g/mol. The van der Waals surface area contributed by atoms with Crippen LogP contribution in [0.25, 0.3) is 0 Å². The van der Waals surface area contributed by atoms with E-state index in [1.807, 2.05) is 0 Å². The molecule has 0 spiro atoms. The molecule has 0 aliphatic heterocycles. The highest BCUT2D eigenvalue weighted by Crippen LogP contribution is 2.19. The Kier molecular flexibility index (Phi) is 5.53. The molecule has 0 radical (unpaired) electrons. The first-order chi connectivity index (χ1) is 11.7. The Morgan fingerprint density at radius 3 is 2.32 bits per heavy atom. The number of benzene rings is 2. The van der Waals surface area contributed by atoms with Gasteiger partial charge in [0.05, 0.1) is 22.3 Å². The van der Waals surface area contributed by atoms with E-state index in [1.54, 1.807) is 37.3 Å². The maximum atomic E-state index is 12.2. The molecule has 132 valence electrons. The van der Waals surface area contributed by atoms with Crippen LogP contribution in [0.2, 0.25) is 0 Å². The normalized spacial score (nSPS) is 12.4. The van der Waals surface area contributed by atoms with Crippen LogP contribution in [0.5, 0.6) is 0 Å². The van der Waals surface area contributed by atoms with Crippen LogP contribution in [-0.4, -0.2) is 25.5 Å². The number of nitro groups is 1. The monoisotopic (exact) mass is 362 g/mol. The standard InChI is InChI=1S/C17H18N2O5S/c1-12(13-7-9-15(10-8-13)25(2,23)24)18-17(20)11-14-5-3-4-6-16(14)19(21)22/h3-10,12H,11H2,1-2H3,(H,18,20)/t12-/m0/s1. The number of nitrogens with one attached hydrogen (secondary N) is 1. The molecule has 2 aromatic rings. The molecule has 2 aromatic carbocycles. The Labute approximate surface area is 145 Å². The van der Waals surface area contributed by atoms with E-state index < -0.39 is 14.8 Å². The topological polar surface area (TPSA) is 106 Å². The van der Waals surface area contributed by atoms with Crippen LogP contribution in [0.15, 0.2) is 53.4 Å². The molecule has 0 aromatic heterocycles. The van der Waals surface area contributed by atoms with Crippen molar-refractivity contribution >= 4 is 21.4 Å². The Balaban J connectivity index is 2.07. The molecule has 0 bridgehead atoms. The van der Waals surface area contributed by atoms with Crippen molar-refractivity contribution in [1.82, 2.24) is 5.32 Å². The summed E-state index contributed by atoms with van der Waals surface area (Å²) in [6.45, 7) is 1.76. The number of hydrogen-bond acceptors (Lipinski definition) is 5. The minimum Gasteiger partial charge on any atom is -0.349 e. The lowest BCUT2D eigenvalue weighted by Crippen LogP contribution is -2.28. The second-order valence-corrected chi connectivity index (χ2v) is 7.71. The third-order valence-corrected chi connectivity index (χ3v) is 4.85. The summed E-state index contributed by atoms with van der Waals surface area (Å²) in [5, 5.41) is 13.7. The minimum atomic E-state index is -3.27. The van der Waals surface area contributed by atoms with Gasteiger partial charge in [-0.2, -0.15) is 0 Å². The quantitative estimate of drug-likeness (QED) is 0.627. The summed E-state index contributed by atoms with van der Waals surface area (Å²) >= 11 is 0. The predicted octanol–water partition coefficient (Wildman–Crippen LogP) is 2.42. The molecule has 0 saturated carbocycles. The Morgan fingerprint density at radius 2 is 1.76 bits per heavy atom. The molecule has 0 fully saturated rings. The highest BCUT2D eigenvalue weighted by molar-refractivity contribution is 7.90. The average Bonchev–Trinajstić information content (AvgIpc) is 2.54. The van der Waals surface area contributed by atoms with Crippen LogP contribution in [0.1, 0.15) is 24.1 Å². The molecular formula is C17H18N2O5S. The van der Waals surface area contributed by atoms with Crippen molar-refractivity contribution in [1.29, 1.82) is 0 Å². The van der Waals surface area contributed by atoms with E-state index in [1.165, 1.54) is 18.2 Å². The van der Waals surface area contributed by atoms with Crippen molar-refractivity contribution < 1.29 is 18.1 Å². The van der Waals surface area contributed by atoms with Gasteiger partial charge in [-0.25, -0.2) is 8.42 Å². The molecule has 7 nitrogen and oxygen atoms in total. The molecule has 0 saturated heterocycles. The van der Waals surface area contributed by atoms with Gasteiger partial charge in [0.2, 0.25) is 5.91 Å². The number of carbonyl (C=O) groups is 1. The number of nitro benzene ring substituents is 1. The van der Waals surface area contributed by atoms with Gasteiger partial charge >= 0.3 is 0 Å². The van der Waals surface area contributed by atoms with Gasteiger partial charge in [0, 0.05) is 17.9 Å². The number of hydrogen-bond donors (Lipinski definition) is 1. The first-order valence-electron chi connectivity index (χ1n) is 7.50. The van der Waals surface area contributed by atoms with E-state index in [0.717, 1.165) is 11.8 Å². The Bertz CT molecular complexity index is 892. The summed E-state index contributed by atoms with van der Waals surface area (Å²) < 4.78 is 22.9. The van der Waals surface area contributed by atoms with E-state index in [2.05, 4.69) is 5.32 Å². The van der Waals surface area contributed by atoms with Gasteiger partial charge in [-0.15, -0.1) is 0 Å². The van der Waals surface area contributed by atoms with E-state index in [4.69, 9.17) is 0 Å². The smallest absolute Gasteiger partial charge is 0.273 e. The number of para-hydroxylation sites is 1. The average molecular weight is 362 g/mol. The molecule has 8 heteroatoms. The summed E-state index contributed by atoms with van der Waals surface area (Å²) in [4.78, 5) is 22.8. The Hall–Kier alpha value is -2.74. The van der Waals surface area contributed by atoms with Gasteiger partial charge in [0.15, 0.2) is 9.84 Å². The maximum absolute atomic E-state index is 12.2. The highest BCUT2D eigenvalue weighted by Gasteiger charge is 2.17. The summed E-state index contributed by atoms with van der Waals surface area (Å²) in [6.07, 6.45) is 1.02. The first-order valence-corrected chi connectivity index (χ1v) is 9.39. The maximum Gasteiger partial charge on any atom is 0.273 e. The third kappa shape index (κ3) is 4.87. The van der Waals surface area contributed by atoms with Crippen LogP contribution in [0.3, 0.4) is 0 Å². The lowest BCUT2D eigenvalue weighted by atomic mass is 10.1. The second-order valence-electron chi connectivity index (χ2n) is 5.69. The molecule has 0 unspecified atom stereocenters. The molecule has 25 heavy (non-hydrogen) atoms. The minimum absolute atomic E-state index is 0.0946. The zero-order chi connectivity index (χ0) is 18.6. The fraction of sp³-hybridized carbons (Fsp3) is 0.235. The predicted molar refractivity (Wildman–Crippen MR) is 92.9 cm³/mol. The van der Waals surface area contributed by atoms with Gasteiger partial charge in [-0.05, 0) is 24.6 Å². The Morgan fingerprint density at radius 1 is 1.16 bits per heavy atom. The lowest BCUT2D eigenvalue weighted by molar-refractivity contribution is -0.385. The number of carbonyl (C=O) groups excluding carboxylic acids is 1. The van der Waals surface area contributed by atoms with Crippen molar-refractivity contribution in [3.05, 3.63) is 69.8 Å². The van der Waals surface area contributed by atoms with Crippen molar-refractivity contribution in [2.24, 2.45) is 0 Å². The number of amides is 1. The summed E-state index contributed by atoms with van der Waals surface area (Å²) in [7, 11) is -3.27. The SMILES string of the molecule is C[C@H](NC(=O)Cc1ccccc1[N+](=O)[O-])c1ccc(S(C)(=O)=O)cc1. The highest BCUT2D eigenvalue weighted by atomic mass is 32.2. The first kappa shape index (κ1) is 18.6. The van der Waals surface area contributed by atoms with Crippen LogP contribution in [-0.2, 0) is 21.1 Å². The number of nitrogens with zero attached hydrogens (tertiary/aromatic N) is 1. The van der Waals surface area contributed by atoms with Crippen molar-refractivity contribution in [2.45, 2.75) is 24.3 Å². The van der Waals surface area contributed by atoms with Crippen molar-refractivity contribution in [2.75, 3.05) is 6.26 Å². The number of sulfone groups is 1. The molecule has 0 aliphatic carbocycles. The zero-order valence-electron chi connectivity index (χ0n) is 13.8. The van der Waals surface area contributed by atoms with Crippen LogP contribution in [0.4, 0.5) is 5.69 Å². The summed E-state index contributed by atoms with van der Waals surface area (Å²) in [5.41, 5.74) is 0.982. The summed E-state index contributed by atoms with van der Waals surface area (Å²) in [6, 6.07) is 12.0. The zero-order valence-corrected chi connectivity index (χ0v) is 14.6. The molecule has 1 amide bonds. The van der Waals surface area contributed by atoms with E-state index in [9.17, 15) is 23.3 Å². The van der Waals surface area contributed by atoms with Crippen molar-refractivity contribution in [3.63, 3.8) is 0 Å². The van der Waals surface area contributed by atoms with E-state index in [0.29, 0.717) is 5.56 Å². The van der Waals surface area contributed by atoms with Crippen LogP contribution in [0, 0.1) is 10.1 Å². The second kappa shape index (κ2) is 7.43. The fourth-order valence-electron chi connectivity index (χ4n) is 2.39. The van der Waals surface area contributed by atoms with Gasteiger partial charge < -0.3 is 5.32 Å². The third-order valence-electron chi connectivity index (χ3n) is 3.73. The molecule has 2 rings (SSSR count). The molecule has 1 N–H and O–H groups in total. The largest absolute Gasteiger partial charge is 0.349 e. The molecule has 1 atom stereocenters. The van der Waals surface area contributed by atoms with E-state index >= 15 is 0 Å². The van der Waals surface area contributed by atoms with Gasteiger partial charge in [-0.3, -0.25) is 14.9 Å². The van der Waals surface area contributed by atoms with Crippen molar-refractivity contribution in [3.8, 4) is 0 Å². The van der Waals surface area contributed by atoms with Gasteiger partial charge in [-0.1, -0.05) is 30.3 Å². The van der Waals surface area contributed by atoms with Gasteiger partial charge in [0.25, 0.3) is 5.69 Å². The molecule has 0 aliphatic rings. The lowest BCUT2D eigenvalue weighted by Gasteiger charge is -2.15. The van der Waals surface area contributed by atoms with Crippen LogP contribution < -0.4 is 5.32 Å².